The number of rotatable bonds is 21. The van der Waals surface area contributed by atoms with Crippen molar-refractivity contribution in [3.05, 3.63) is 0 Å². The van der Waals surface area contributed by atoms with Crippen molar-refractivity contribution in [2.24, 2.45) is 5.73 Å². The molecule has 0 fully saturated rings. The lowest BCUT2D eigenvalue weighted by Gasteiger charge is -2.36. The second-order valence-corrected chi connectivity index (χ2v) is 9.64. The van der Waals surface area contributed by atoms with Crippen LogP contribution in [0.5, 0.6) is 0 Å². The summed E-state index contributed by atoms with van der Waals surface area (Å²) in [6.07, 6.45) is 20.2. The van der Waals surface area contributed by atoms with Crippen LogP contribution in [0.1, 0.15) is 130 Å². The highest BCUT2D eigenvalue weighted by Crippen LogP contribution is 2.27. The van der Waals surface area contributed by atoms with Crippen molar-refractivity contribution in [1.82, 2.24) is 4.90 Å². The first-order valence-electron chi connectivity index (χ1n) is 12.9. The second-order valence-electron chi connectivity index (χ2n) is 8.54. The molecule has 0 aliphatic heterocycles. The van der Waals surface area contributed by atoms with E-state index in [2.05, 4.69) is 11.4 Å². The average molecular weight is 479 g/mol. The van der Waals surface area contributed by atoms with E-state index in [0.717, 1.165) is 6.42 Å². The van der Waals surface area contributed by atoms with Gasteiger partial charge in [-0.05, 0) is 26.4 Å². The van der Waals surface area contributed by atoms with Crippen molar-refractivity contribution >= 4 is 13.7 Å². The Morgan fingerprint density at radius 2 is 1.12 bits per heavy atom. The van der Waals surface area contributed by atoms with E-state index in [4.69, 9.17) is 5.73 Å². The number of carbonyl (C=O) groups excluding carboxylic acids is 1. The molecule has 1 unspecified atom stereocenters. The number of amides is 1. The van der Waals surface area contributed by atoms with Crippen LogP contribution in [-0.4, -0.2) is 30.1 Å². The molecule has 1 amide bonds. The van der Waals surface area contributed by atoms with Crippen LogP contribution in [-0.2, 0) is 13.9 Å². The fourth-order valence-corrected chi connectivity index (χ4v) is 4.17. The summed E-state index contributed by atoms with van der Waals surface area (Å²) in [6.45, 7) is 8.84. The third-order valence-corrected chi connectivity index (χ3v) is 6.20. The average Bonchev–Trinajstić information content (AvgIpc) is 2.71. The second kappa shape index (κ2) is 23.7. The van der Waals surface area contributed by atoms with Gasteiger partial charge in [0.05, 0.1) is 7.82 Å². The Morgan fingerprint density at radius 1 is 0.781 bits per heavy atom. The fraction of sp³-hybridized carbons (Fsp3) is 0.958. The van der Waals surface area contributed by atoms with Gasteiger partial charge in [-0.3, -0.25) is 9.69 Å². The number of hydrogen-bond donors (Lipinski definition) is 1. The summed E-state index contributed by atoms with van der Waals surface area (Å²) in [4.78, 5) is 32.7. The third-order valence-electron chi connectivity index (χ3n) is 5.63. The van der Waals surface area contributed by atoms with Gasteiger partial charge in [-0.25, -0.2) is 0 Å². The first-order valence-corrected chi connectivity index (χ1v) is 14.4. The monoisotopic (exact) mass is 478 g/mol. The maximum absolute atomic E-state index is 10.6. The highest BCUT2D eigenvalue weighted by Gasteiger charge is 2.10. The molecule has 194 valence electrons. The minimum atomic E-state index is -4.84. The zero-order chi connectivity index (χ0) is 24.7. The van der Waals surface area contributed by atoms with E-state index in [0.29, 0.717) is 19.5 Å². The fourth-order valence-electron chi connectivity index (χ4n) is 3.66. The van der Waals surface area contributed by atoms with Gasteiger partial charge < -0.3 is 24.6 Å². The maximum atomic E-state index is 10.6. The Balaban J connectivity index is 0. The maximum Gasteiger partial charge on any atom is 0.217 e. The number of nitrogens with zero attached hydrogens (tertiary/aromatic N) is 1. The Bertz CT molecular complexity index is 456. The molecule has 0 aliphatic rings. The van der Waals surface area contributed by atoms with E-state index in [1.165, 1.54) is 96.8 Å². The normalized spacial score (nSPS) is 12.5. The molecule has 0 saturated heterocycles. The van der Waals surface area contributed by atoms with Crippen molar-refractivity contribution in [2.45, 2.75) is 137 Å². The molecule has 8 heteroatoms. The molecule has 2 N–H and O–H groups in total. The number of phosphoric acid groups is 1. The number of primary amides is 1. The molecule has 0 aromatic heterocycles. The van der Waals surface area contributed by atoms with Gasteiger partial charge in [0.2, 0.25) is 5.91 Å². The van der Waals surface area contributed by atoms with E-state index < -0.39 is 14.1 Å². The molecule has 0 rings (SSSR count). The SMILES string of the molecule is CCCCCCCCCCCCCCCCCC(N)=O.CCN(CC)C(C)OP(=O)([O-])[O-]. The molecule has 7 nitrogen and oxygen atoms in total. The summed E-state index contributed by atoms with van der Waals surface area (Å²) in [5, 5.41) is 0. The lowest BCUT2D eigenvalue weighted by molar-refractivity contribution is -0.347. The zero-order valence-electron chi connectivity index (χ0n) is 21.3. The molecule has 0 bridgehead atoms. The van der Waals surface area contributed by atoms with Crippen molar-refractivity contribution < 1.29 is 23.7 Å². The Kier molecular flexibility index (Phi) is 25.0. The molecule has 0 heterocycles. The molecule has 0 spiro atoms. The smallest absolute Gasteiger partial charge is 0.217 e. The lowest BCUT2D eigenvalue weighted by atomic mass is 10.0. The molecule has 0 aliphatic carbocycles. The highest BCUT2D eigenvalue weighted by atomic mass is 31.2. The van der Waals surface area contributed by atoms with Crippen molar-refractivity contribution in [3.8, 4) is 0 Å². The molecular weight excluding hydrogens is 427 g/mol. The van der Waals surface area contributed by atoms with Gasteiger partial charge >= 0.3 is 0 Å². The Morgan fingerprint density at radius 3 is 1.41 bits per heavy atom. The number of unbranched alkanes of at least 4 members (excludes halogenated alkanes) is 14. The standard InChI is InChI=1S/C18H37NO.C6H16NO4P/c1-2-3-4-5-6-7-8-9-10-11-12-13-14-15-16-17-18(19)20;1-4-7(5-2)6(3)11-12(8,9)10/h2-17H2,1H3,(H2,19,20);6H,4-5H2,1-3H3,(H2,8,9,10)/p-2. The van der Waals surface area contributed by atoms with Crippen LogP contribution >= 0.6 is 7.82 Å². The van der Waals surface area contributed by atoms with Crippen LogP contribution in [0, 0.1) is 0 Å². The minimum Gasteiger partial charge on any atom is -0.790 e. The number of nitrogens with two attached hydrogens (primary N) is 1. The first-order chi connectivity index (χ1) is 15.2. The molecule has 0 aromatic carbocycles. The van der Waals surface area contributed by atoms with Gasteiger partial charge in [0.1, 0.15) is 6.23 Å². The molecule has 0 aromatic rings. The molecule has 0 radical (unpaired) electrons. The van der Waals surface area contributed by atoms with E-state index in [1.807, 2.05) is 13.8 Å². The quantitative estimate of drug-likeness (QED) is 0.137. The van der Waals surface area contributed by atoms with E-state index in [9.17, 15) is 19.1 Å². The summed E-state index contributed by atoms with van der Waals surface area (Å²) >= 11 is 0. The van der Waals surface area contributed by atoms with E-state index in [-0.39, 0.29) is 5.91 Å². The summed E-state index contributed by atoms with van der Waals surface area (Å²) in [6, 6.07) is 0. The van der Waals surface area contributed by atoms with Crippen LogP contribution in [0.15, 0.2) is 0 Å². The van der Waals surface area contributed by atoms with Crippen molar-refractivity contribution in [3.63, 3.8) is 0 Å². The predicted octanol–water partition coefficient (Wildman–Crippen LogP) is 5.25. The first kappa shape index (κ1) is 33.7. The molecule has 0 saturated carbocycles. The summed E-state index contributed by atoms with van der Waals surface area (Å²) < 4.78 is 14.5. The van der Waals surface area contributed by atoms with Crippen LogP contribution in [0.2, 0.25) is 0 Å². The van der Waals surface area contributed by atoms with E-state index >= 15 is 0 Å². The Hall–Kier alpha value is -0.460. The highest BCUT2D eigenvalue weighted by molar-refractivity contribution is 7.43. The van der Waals surface area contributed by atoms with Gasteiger partial charge in [-0.15, -0.1) is 0 Å². The minimum absolute atomic E-state index is 0.153. The van der Waals surface area contributed by atoms with Gasteiger partial charge in [0, 0.05) is 6.42 Å². The number of hydrogen-bond acceptors (Lipinski definition) is 6. The predicted molar refractivity (Wildman–Crippen MR) is 130 cm³/mol. The summed E-state index contributed by atoms with van der Waals surface area (Å²) in [7, 11) is -4.84. The van der Waals surface area contributed by atoms with Gasteiger partial charge in [0.15, 0.2) is 0 Å². The number of phosphoric ester groups is 1. The van der Waals surface area contributed by atoms with Crippen LogP contribution in [0.4, 0.5) is 0 Å². The number of carbonyl (C=O) groups is 1. The van der Waals surface area contributed by atoms with Gasteiger partial charge in [-0.1, -0.05) is 111 Å². The largest absolute Gasteiger partial charge is 0.790 e. The van der Waals surface area contributed by atoms with Gasteiger partial charge in [0.25, 0.3) is 0 Å². The van der Waals surface area contributed by atoms with Crippen LogP contribution in [0.25, 0.3) is 0 Å². The van der Waals surface area contributed by atoms with Crippen molar-refractivity contribution in [1.29, 1.82) is 0 Å². The van der Waals surface area contributed by atoms with Crippen LogP contribution < -0.4 is 15.5 Å². The zero-order valence-corrected chi connectivity index (χ0v) is 22.2. The topological polar surface area (TPSA) is 119 Å². The molecule has 1 atom stereocenters. The Labute approximate surface area is 198 Å². The van der Waals surface area contributed by atoms with E-state index in [1.54, 1.807) is 4.90 Å². The van der Waals surface area contributed by atoms with Gasteiger partial charge in [-0.2, -0.15) is 0 Å². The summed E-state index contributed by atoms with van der Waals surface area (Å²) in [5.74, 6) is -0.153. The molecular formula is C24H51N2O5P-2. The lowest BCUT2D eigenvalue weighted by Crippen LogP contribution is -2.36. The van der Waals surface area contributed by atoms with Crippen LogP contribution in [0.3, 0.4) is 0 Å². The third kappa shape index (κ3) is 27.6. The molecule has 32 heavy (non-hydrogen) atoms. The van der Waals surface area contributed by atoms with Crippen molar-refractivity contribution in [2.75, 3.05) is 13.1 Å². The summed E-state index contributed by atoms with van der Waals surface area (Å²) in [5.41, 5.74) is 5.11.